The quantitative estimate of drug-likeness (QED) is 0.546. The second kappa shape index (κ2) is 7.33. The predicted molar refractivity (Wildman–Crippen MR) is 136 cm³/mol. The Morgan fingerprint density at radius 1 is 1.11 bits per heavy atom. The van der Waals surface area contributed by atoms with Crippen LogP contribution in [0.1, 0.15) is 65.4 Å². The number of halogens is 2. The van der Waals surface area contributed by atoms with Gasteiger partial charge in [-0.3, -0.25) is 9.69 Å². The molecule has 3 heterocycles. The lowest BCUT2D eigenvalue weighted by Crippen LogP contribution is -2.78. The number of nitrogens with zero attached hydrogens (tertiary/aromatic N) is 2. The number of likely N-dealkylation sites (tertiary alicyclic amines) is 1. The minimum Gasteiger partial charge on any atom is -0.504 e. The number of rotatable bonds is 3. The van der Waals surface area contributed by atoms with Crippen molar-refractivity contribution in [2.45, 2.75) is 74.0 Å². The summed E-state index contributed by atoms with van der Waals surface area (Å²) in [4.78, 5) is 17.6. The van der Waals surface area contributed by atoms with Crippen molar-refractivity contribution in [2.24, 2.45) is 5.92 Å². The first-order valence-corrected chi connectivity index (χ1v) is 14.0. The van der Waals surface area contributed by atoms with Crippen LogP contribution < -0.4 is 4.74 Å². The highest BCUT2D eigenvalue weighted by molar-refractivity contribution is 6.42. The Morgan fingerprint density at radius 2 is 1.89 bits per heavy atom. The van der Waals surface area contributed by atoms with E-state index < -0.39 is 29.4 Å². The number of carbonyl (C=O) groups excluding carboxylic acids is 1. The zero-order valence-corrected chi connectivity index (χ0v) is 21.7. The molecule has 6 aliphatic rings. The number of amides is 1. The minimum absolute atomic E-state index is 0.0501. The van der Waals surface area contributed by atoms with Gasteiger partial charge >= 0.3 is 0 Å². The topological polar surface area (TPSA) is 93.5 Å². The van der Waals surface area contributed by atoms with Crippen molar-refractivity contribution in [3.05, 3.63) is 56.6 Å². The van der Waals surface area contributed by atoms with Crippen molar-refractivity contribution in [1.29, 1.82) is 0 Å². The van der Waals surface area contributed by atoms with Gasteiger partial charge in [-0.05, 0) is 74.8 Å². The first-order chi connectivity index (χ1) is 17.7. The van der Waals surface area contributed by atoms with Crippen molar-refractivity contribution < 1.29 is 24.9 Å². The molecule has 3 aliphatic heterocycles. The lowest BCUT2D eigenvalue weighted by atomic mass is 9.48. The first-order valence-electron chi connectivity index (χ1n) is 13.2. The molecule has 2 aromatic rings. The summed E-state index contributed by atoms with van der Waals surface area (Å²) in [6.45, 7) is 1.82. The summed E-state index contributed by atoms with van der Waals surface area (Å²) in [5.74, 6) is 0.857. The van der Waals surface area contributed by atoms with E-state index in [2.05, 4.69) is 4.90 Å². The van der Waals surface area contributed by atoms with E-state index in [4.69, 9.17) is 27.9 Å². The molecule has 2 aromatic carbocycles. The summed E-state index contributed by atoms with van der Waals surface area (Å²) in [7, 11) is 0. The van der Waals surface area contributed by atoms with Gasteiger partial charge in [-0.15, -0.1) is 0 Å². The molecular weight excluding hydrogens is 515 g/mol. The van der Waals surface area contributed by atoms with Crippen molar-refractivity contribution in [1.82, 2.24) is 9.80 Å². The molecule has 1 saturated heterocycles. The molecule has 0 aromatic heterocycles. The summed E-state index contributed by atoms with van der Waals surface area (Å²) in [6.07, 6.45) is 3.03. The number of fused-ring (bicyclic) bond motifs is 1. The highest BCUT2D eigenvalue weighted by Crippen LogP contribution is 2.66. The monoisotopic (exact) mass is 542 g/mol. The molecule has 3 aliphatic carbocycles. The number of aromatic hydroxyl groups is 1. The molecule has 0 radical (unpaired) electrons. The molecule has 3 fully saturated rings. The molecule has 6 atom stereocenters. The van der Waals surface area contributed by atoms with Crippen molar-refractivity contribution in [2.75, 3.05) is 13.1 Å². The Hall–Kier alpha value is -2.03. The second-order valence-corrected chi connectivity index (χ2v) is 12.7. The highest BCUT2D eigenvalue weighted by atomic mass is 35.5. The average Bonchev–Trinajstić information content (AvgIpc) is 3.56. The van der Waals surface area contributed by atoms with Crippen molar-refractivity contribution in [3.8, 4) is 11.5 Å². The largest absolute Gasteiger partial charge is 0.504 e. The Morgan fingerprint density at radius 3 is 2.68 bits per heavy atom. The van der Waals surface area contributed by atoms with E-state index in [1.165, 1.54) is 23.8 Å². The SMILES string of the molecule is O=C1c2cc(Cl)c(Cl)cc2C(O)N1[C@@H]1CC[C@@]2(O)[C@H]3Cc4ccc(O)c5c4[C@@]2(CCN3CC2CC2)[C@H]1O5. The number of aliphatic hydroxyl groups excluding tert-OH is 1. The third kappa shape index (κ3) is 2.72. The molecule has 7 nitrogen and oxygen atoms in total. The number of phenols is 1. The van der Waals surface area contributed by atoms with Crippen LogP contribution in [0.15, 0.2) is 24.3 Å². The lowest BCUT2D eigenvalue weighted by molar-refractivity contribution is -0.204. The van der Waals surface area contributed by atoms with E-state index in [0.29, 0.717) is 48.5 Å². The molecule has 3 N–H and O–H groups in total. The summed E-state index contributed by atoms with van der Waals surface area (Å²) < 4.78 is 6.59. The molecule has 37 heavy (non-hydrogen) atoms. The zero-order chi connectivity index (χ0) is 25.4. The Balaban J connectivity index is 1.26. The Kier molecular flexibility index (Phi) is 4.54. The van der Waals surface area contributed by atoms with E-state index >= 15 is 0 Å². The van der Waals surface area contributed by atoms with Crippen LogP contribution in [0.4, 0.5) is 0 Å². The third-order valence-electron chi connectivity index (χ3n) is 10.2. The standard InChI is InChI=1S/C28H28Cl2N2O5/c29-17-10-15-16(11-18(17)30)26(35)32(25(15)34)19-5-6-28(36)21-9-14-3-4-20(33)23-22(14)27(28,24(19)37-23)7-8-31(21)12-13-1-2-13/h3-4,10-11,13,19,21,24-25,33-34,36H,1-2,5-9,12H2/t19-,21-,24+,25?,27+,28-/m1/s1. The van der Waals surface area contributed by atoms with Crippen LogP contribution in [-0.2, 0) is 11.8 Å². The van der Waals surface area contributed by atoms with Crippen LogP contribution in [0, 0.1) is 5.92 Å². The number of ether oxygens (including phenoxy) is 1. The van der Waals surface area contributed by atoms with E-state index in [-0.39, 0.29) is 27.7 Å². The van der Waals surface area contributed by atoms with Gasteiger partial charge in [0.05, 0.1) is 27.1 Å². The van der Waals surface area contributed by atoms with Crippen molar-refractivity contribution in [3.63, 3.8) is 0 Å². The summed E-state index contributed by atoms with van der Waals surface area (Å²) >= 11 is 12.4. The summed E-state index contributed by atoms with van der Waals surface area (Å²) in [5, 5.41) is 35.4. The number of piperidine rings is 1. The zero-order valence-electron chi connectivity index (χ0n) is 20.2. The molecule has 1 spiro atoms. The summed E-state index contributed by atoms with van der Waals surface area (Å²) in [5.41, 5.74) is 0.933. The maximum atomic E-state index is 13.7. The number of benzene rings is 2. The molecule has 2 saturated carbocycles. The molecular formula is C28H28Cl2N2O5. The van der Waals surface area contributed by atoms with Crippen LogP contribution in [0.2, 0.25) is 10.0 Å². The number of phenolic OH excluding ortho intramolecular Hbond substituents is 1. The maximum absolute atomic E-state index is 13.7. The summed E-state index contributed by atoms with van der Waals surface area (Å²) in [6, 6.07) is 6.17. The van der Waals surface area contributed by atoms with Gasteiger partial charge < -0.3 is 25.0 Å². The molecule has 1 amide bonds. The van der Waals surface area contributed by atoms with Crippen LogP contribution in [-0.4, -0.2) is 67.9 Å². The van der Waals surface area contributed by atoms with Gasteiger partial charge in [0.15, 0.2) is 17.7 Å². The van der Waals surface area contributed by atoms with E-state index in [0.717, 1.165) is 24.2 Å². The number of carbonyl (C=O) groups is 1. The lowest BCUT2D eigenvalue weighted by Gasteiger charge is -2.64. The molecule has 9 heteroatoms. The predicted octanol–water partition coefficient (Wildman–Crippen LogP) is 3.78. The van der Waals surface area contributed by atoms with Gasteiger partial charge in [0.2, 0.25) is 0 Å². The van der Waals surface area contributed by atoms with E-state index in [1.807, 2.05) is 6.07 Å². The van der Waals surface area contributed by atoms with Gasteiger partial charge in [-0.25, -0.2) is 0 Å². The molecule has 8 rings (SSSR count). The smallest absolute Gasteiger partial charge is 0.257 e. The second-order valence-electron chi connectivity index (χ2n) is 11.8. The fraction of sp³-hybridized carbons (Fsp3) is 0.536. The van der Waals surface area contributed by atoms with Crippen molar-refractivity contribution >= 4 is 29.1 Å². The molecule has 1 unspecified atom stereocenters. The first kappa shape index (κ1) is 22.9. The van der Waals surface area contributed by atoms with Gasteiger partial charge in [0.1, 0.15) is 6.10 Å². The minimum atomic E-state index is -1.19. The van der Waals surface area contributed by atoms with Crippen LogP contribution in [0.25, 0.3) is 0 Å². The van der Waals surface area contributed by atoms with E-state index in [9.17, 15) is 20.1 Å². The van der Waals surface area contributed by atoms with E-state index in [1.54, 1.807) is 12.1 Å². The fourth-order valence-electron chi connectivity index (χ4n) is 8.43. The van der Waals surface area contributed by atoms with Crippen LogP contribution >= 0.6 is 23.2 Å². The Labute approximate surface area is 224 Å². The van der Waals surface area contributed by atoms with Crippen LogP contribution in [0.5, 0.6) is 11.5 Å². The van der Waals surface area contributed by atoms with Crippen LogP contribution in [0.3, 0.4) is 0 Å². The highest BCUT2D eigenvalue weighted by Gasteiger charge is 2.74. The molecule has 2 bridgehead atoms. The van der Waals surface area contributed by atoms with Gasteiger partial charge in [0.25, 0.3) is 5.91 Å². The third-order valence-corrected chi connectivity index (χ3v) is 10.9. The normalized spacial score (nSPS) is 37.4. The number of aliphatic hydroxyl groups is 2. The number of hydrogen-bond acceptors (Lipinski definition) is 6. The van der Waals surface area contributed by atoms with Gasteiger partial charge in [-0.2, -0.15) is 0 Å². The van der Waals surface area contributed by atoms with Gasteiger partial charge in [0, 0.05) is 29.3 Å². The fourth-order valence-corrected chi connectivity index (χ4v) is 8.77. The average molecular weight is 543 g/mol. The maximum Gasteiger partial charge on any atom is 0.257 e. The Bertz CT molecular complexity index is 1380. The van der Waals surface area contributed by atoms with Gasteiger partial charge in [-0.1, -0.05) is 29.3 Å². The molecule has 194 valence electrons. The number of hydrogen-bond donors (Lipinski definition) is 3.